The van der Waals surface area contributed by atoms with Gasteiger partial charge in [0.05, 0.1) is 14.2 Å². The van der Waals surface area contributed by atoms with Crippen LogP contribution in [0.3, 0.4) is 0 Å². The second-order valence-electron chi connectivity index (χ2n) is 2.85. The Morgan fingerprint density at radius 1 is 0.933 bits per heavy atom. The molecule has 0 aromatic rings. The third-order valence-corrected chi connectivity index (χ3v) is 2.21. The van der Waals surface area contributed by atoms with Crippen molar-refractivity contribution < 1.29 is 23.7 Å². The maximum absolute atomic E-state index is 11.3. The molecule has 0 aromatic heterocycles. The molecule has 0 bridgehead atoms. The van der Waals surface area contributed by atoms with Crippen LogP contribution in [0.25, 0.3) is 0 Å². The highest BCUT2D eigenvalue weighted by molar-refractivity contribution is 6.01. The second kappa shape index (κ2) is 4.46. The van der Waals surface area contributed by atoms with Gasteiger partial charge in [0.25, 0.3) is 5.79 Å². The molecule has 0 radical (unpaired) electrons. The fourth-order valence-corrected chi connectivity index (χ4v) is 1.48. The van der Waals surface area contributed by atoms with E-state index in [-0.39, 0.29) is 17.3 Å². The van der Waals surface area contributed by atoms with Crippen LogP contribution in [0.2, 0.25) is 0 Å². The summed E-state index contributed by atoms with van der Waals surface area (Å²) < 4.78 is 20.6. The van der Waals surface area contributed by atoms with Crippen LogP contribution in [0.1, 0.15) is 0 Å². The van der Waals surface area contributed by atoms with E-state index >= 15 is 0 Å². The monoisotopic (exact) mass is 214 g/mol. The average Bonchev–Trinajstić information content (AvgIpc) is 2.28. The van der Waals surface area contributed by atoms with Gasteiger partial charge in [0.15, 0.2) is 17.3 Å². The molecule has 0 N–H and O–H groups in total. The Hall–Kier alpha value is -1.33. The molecule has 0 saturated heterocycles. The number of rotatable bonds is 4. The number of carbonyl (C=O) groups is 1. The van der Waals surface area contributed by atoms with Crippen molar-refractivity contribution in [2.45, 2.75) is 5.79 Å². The molecule has 0 fully saturated rings. The highest BCUT2D eigenvalue weighted by Crippen LogP contribution is 2.34. The minimum absolute atomic E-state index is 0.228. The van der Waals surface area contributed by atoms with Crippen LogP contribution in [0.15, 0.2) is 23.7 Å². The molecular weight excluding hydrogens is 200 g/mol. The Morgan fingerprint density at radius 2 is 1.33 bits per heavy atom. The summed E-state index contributed by atoms with van der Waals surface area (Å²) in [6, 6.07) is 0. The molecule has 84 valence electrons. The van der Waals surface area contributed by atoms with Gasteiger partial charge in [-0.1, -0.05) is 0 Å². The van der Waals surface area contributed by atoms with Crippen molar-refractivity contribution in [3.05, 3.63) is 23.7 Å². The molecule has 5 nitrogen and oxygen atoms in total. The Bertz CT molecular complexity index is 286. The van der Waals surface area contributed by atoms with E-state index in [4.69, 9.17) is 18.9 Å². The molecule has 1 aliphatic rings. The van der Waals surface area contributed by atoms with E-state index in [0.717, 1.165) is 0 Å². The van der Waals surface area contributed by atoms with Crippen LogP contribution < -0.4 is 0 Å². The normalized spacial score (nSPS) is 19.3. The van der Waals surface area contributed by atoms with Crippen LogP contribution in [0.5, 0.6) is 0 Å². The minimum atomic E-state index is -1.27. The highest BCUT2D eigenvalue weighted by Gasteiger charge is 2.45. The van der Waals surface area contributed by atoms with Gasteiger partial charge >= 0.3 is 0 Å². The molecule has 0 aromatic carbocycles. The fraction of sp³-hybridized carbons (Fsp3) is 0.500. The number of ether oxygens (including phenoxy) is 4. The van der Waals surface area contributed by atoms with Gasteiger partial charge in [-0.05, 0) is 0 Å². The van der Waals surface area contributed by atoms with Gasteiger partial charge in [0.2, 0.25) is 0 Å². The van der Waals surface area contributed by atoms with E-state index < -0.39 is 5.79 Å². The smallest absolute Gasteiger partial charge is 0.287 e. The van der Waals surface area contributed by atoms with Crippen molar-refractivity contribution in [2.75, 3.05) is 28.4 Å². The molecule has 0 amide bonds. The predicted molar refractivity (Wildman–Crippen MR) is 51.9 cm³/mol. The maximum Gasteiger partial charge on any atom is 0.287 e. The van der Waals surface area contributed by atoms with Gasteiger partial charge in [0.1, 0.15) is 0 Å². The summed E-state index contributed by atoms with van der Waals surface area (Å²) in [5, 5.41) is 0. The maximum atomic E-state index is 11.3. The minimum Gasteiger partial charge on any atom is -0.495 e. The first-order chi connectivity index (χ1) is 7.14. The number of hydrogen-bond donors (Lipinski definition) is 0. The van der Waals surface area contributed by atoms with E-state index in [1.165, 1.54) is 40.6 Å². The predicted octanol–water partition coefficient (Wildman–Crippen LogP) is 0.619. The van der Waals surface area contributed by atoms with E-state index in [9.17, 15) is 4.79 Å². The second-order valence-corrected chi connectivity index (χ2v) is 2.85. The zero-order chi connectivity index (χ0) is 11.5. The Kier molecular flexibility index (Phi) is 3.49. The molecule has 0 spiro atoms. The van der Waals surface area contributed by atoms with Crippen LogP contribution in [-0.2, 0) is 23.7 Å². The summed E-state index contributed by atoms with van der Waals surface area (Å²) in [6.45, 7) is 0. The number of hydrogen-bond acceptors (Lipinski definition) is 5. The third-order valence-electron chi connectivity index (χ3n) is 2.21. The van der Waals surface area contributed by atoms with Crippen molar-refractivity contribution >= 4 is 5.78 Å². The first-order valence-electron chi connectivity index (χ1n) is 4.31. The van der Waals surface area contributed by atoms with E-state index in [2.05, 4.69) is 0 Å². The number of methoxy groups -OCH3 is 4. The first-order valence-corrected chi connectivity index (χ1v) is 4.31. The van der Waals surface area contributed by atoms with Gasteiger partial charge in [-0.2, -0.15) is 0 Å². The molecule has 0 unspecified atom stereocenters. The largest absolute Gasteiger partial charge is 0.495 e. The van der Waals surface area contributed by atoms with Crippen LogP contribution in [0.4, 0.5) is 0 Å². The van der Waals surface area contributed by atoms with Crippen molar-refractivity contribution in [3.8, 4) is 0 Å². The van der Waals surface area contributed by atoms with Crippen molar-refractivity contribution in [3.63, 3.8) is 0 Å². The van der Waals surface area contributed by atoms with E-state index in [0.29, 0.717) is 0 Å². The standard InChI is InChI=1S/C10H14O5/c1-12-8-5-7(11)6-9(13-2)10(8,14-3)15-4/h5-6H,1-4H3. The van der Waals surface area contributed by atoms with E-state index in [1.807, 2.05) is 0 Å². The zero-order valence-electron chi connectivity index (χ0n) is 9.20. The van der Waals surface area contributed by atoms with Gasteiger partial charge < -0.3 is 18.9 Å². The summed E-state index contributed by atoms with van der Waals surface area (Å²) in [7, 11) is 5.76. The molecule has 1 aliphatic carbocycles. The van der Waals surface area contributed by atoms with Gasteiger partial charge in [-0.25, -0.2) is 0 Å². The SMILES string of the molecule is COC1=CC(=O)C=C(OC)C1(OC)OC. The summed E-state index contributed by atoms with van der Waals surface area (Å²) in [5.74, 6) is -0.973. The zero-order valence-corrected chi connectivity index (χ0v) is 9.20. The molecule has 0 heterocycles. The van der Waals surface area contributed by atoms with Crippen molar-refractivity contribution in [2.24, 2.45) is 0 Å². The van der Waals surface area contributed by atoms with Gasteiger partial charge in [-0.3, -0.25) is 4.79 Å². The number of ketones is 1. The average molecular weight is 214 g/mol. The van der Waals surface area contributed by atoms with Crippen LogP contribution in [-0.4, -0.2) is 40.0 Å². The molecule has 0 atom stereocenters. The third kappa shape index (κ3) is 1.75. The lowest BCUT2D eigenvalue weighted by molar-refractivity contribution is -0.196. The van der Waals surface area contributed by atoms with Gasteiger partial charge in [0, 0.05) is 26.4 Å². The molecule has 5 heteroatoms. The molecule has 15 heavy (non-hydrogen) atoms. The van der Waals surface area contributed by atoms with Crippen molar-refractivity contribution in [1.29, 1.82) is 0 Å². The lowest BCUT2D eigenvalue weighted by Gasteiger charge is -2.34. The van der Waals surface area contributed by atoms with Crippen molar-refractivity contribution in [1.82, 2.24) is 0 Å². The summed E-state index contributed by atoms with van der Waals surface area (Å²) >= 11 is 0. The topological polar surface area (TPSA) is 54.0 Å². The van der Waals surface area contributed by atoms with Gasteiger partial charge in [-0.15, -0.1) is 0 Å². The highest BCUT2D eigenvalue weighted by atomic mass is 16.7. The lowest BCUT2D eigenvalue weighted by atomic mass is 10.0. The molecule has 0 saturated carbocycles. The fourth-order valence-electron chi connectivity index (χ4n) is 1.48. The van der Waals surface area contributed by atoms with E-state index in [1.54, 1.807) is 0 Å². The molecule has 0 aliphatic heterocycles. The summed E-state index contributed by atoms with van der Waals surface area (Å²) in [6.07, 6.45) is 2.60. The number of carbonyl (C=O) groups excluding carboxylic acids is 1. The molecular formula is C10H14O5. The summed E-state index contributed by atoms with van der Waals surface area (Å²) in [4.78, 5) is 11.3. The Morgan fingerprint density at radius 3 is 1.60 bits per heavy atom. The van der Waals surface area contributed by atoms with Crippen LogP contribution >= 0.6 is 0 Å². The first kappa shape index (κ1) is 11.7. The summed E-state index contributed by atoms with van der Waals surface area (Å²) in [5.41, 5.74) is 0. The van der Waals surface area contributed by atoms with Crippen LogP contribution in [0, 0.1) is 0 Å². The number of allylic oxidation sites excluding steroid dienone is 2. The Labute approximate surface area is 88.3 Å². The quantitative estimate of drug-likeness (QED) is 0.642. The Balaban J connectivity index is 3.22. The lowest BCUT2D eigenvalue weighted by Crippen LogP contribution is -2.42. The molecule has 1 rings (SSSR count).